The molecule has 1 aromatic carbocycles. The molecule has 0 amide bonds. The monoisotopic (exact) mass is 307 g/mol. The van der Waals surface area contributed by atoms with E-state index in [-0.39, 0.29) is 0 Å². The molecule has 6 nitrogen and oxygen atoms in total. The van der Waals surface area contributed by atoms with Crippen LogP contribution in [0, 0.1) is 6.92 Å². The minimum Gasteiger partial charge on any atom is -0.376 e. The quantitative estimate of drug-likeness (QED) is 0.779. The van der Waals surface area contributed by atoms with Crippen molar-refractivity contribution >= 4 is 5.69 Å². The van der Waals surface area contributed by atoms with Crippen molar-refractivity contribution in [2.75, 3.05) is 5.32 Å². The van der Waals surface area contributed by atoms with Crippen molar-refractivity contribution in [3.8, 4) is 11.3 Å². The Labute approximate surface area is 134 Å². The van der Waals surface area contributed by atoms with Crippen LogP contribution in [0.5, 0.6) is 0 Å². The highest BCUT2D eigenvalue weighted by Gasteiger charge is 2.28. The van der Waals surface area contributed by atoms with Crippen LogP contribution in [0.1, 0.15) is 36.3 Å². The van der Waals surface area contributed by atoms with Gasteiger partial charge in [-0.3, -0.25) is 0 Å². The van der Waals surface area contributed by atoms with Crippen molar-refractivity contribution in [3.05, 3.63) is 54.1 Å². The second-order valence-corrected chi connectivity index (χ2v) is 5.74. The second kappa shape index (κ2) is 5.79. The molecule has 116 valence electrons. The first-order chi connectivity index (χ1) is 11.3. The maximum Gasteiger partial charge on any atom is 0.245 e. The third kappa shape index (κ3) is 3.21. The Balaban J connectivity index is 1.47. The molecule has 1 aliphatic rings. The van der Waals surface area contributed by atoms with Gasteiger partial charge >= 0.3 is 0 Å². The van der Waals surface area contributed by atoms with E-state index < -0.39 is 0 Å². The smallest absolute Gasteiger partial charge is 0.245 e. The van der Waals surface area contributed by atoms with Gasteiger partial charge in [0.15, 0.2) is 5.82 Å². The minimum absolute atomic E-state index is 0.511. The van der Waals surface area contributed by atoms with E-state index in [1.165, 1.54) is 12.8 Å². The molecule has 1 saturated carbocycles. The lowest BCUT2D eigenvalue weighted by molar-refractivity contribution is 0.378. The molecule has 0 radical (unpaired) electrons. The normalized spacial score (nSPS) is 14.0. The summed E-state index contributed by atoms with van der Waals surface area (Å²) in [5, 5.41) is 7.34. The summed E-state index contributed by atoms with van der Waals surface area (Å²) in [6.07, 6.45) is 4.12. The van der Waals surface area contributed by atoms with Gasteiger partial charge in [-0.1, -0.05) is 17.3 Å². The fourth-order valence-electron chi connectivity index (χ4n) is 2.43. The SMILES string of the molecule is Cc1nccc(-c2cccc(NCc3nc(C4CC4)no3)c2)n1. The zero-order chi connectivity index (χ0) is 15.6. The highest BCUT2D eigenvalue weighted by atomic mass is 16.5. The van der Waals surface area contributed by atoms with Gasteiger partial charge in [-0.15, -0.1) is 0 Å². The number of nitrogens with one attached hydrogen (secondary N) is 1. The summed E-state index contributed by atoms with van der Waals surface area (Å²) < 4.78 is 5.27. The number of rotatable bonds is 5. The Hall–Kier alpha value is -2.76. The molecule has 0 saturated heterocycles. The van der Waals surface area contributed by atoms with Crippen LogP contribution in [0.15, 0.2) is 41.1 Å². The van der Waals surface area contributed by atoms with Crippen LogP contribution in [0.3, 0.4) is 0 Å². The van der Waals surface area contributed by atoms with Crippen LogP contribution < -0.4 is 5.32 Å². The van der Waals surface area contributed by atoms with E-state index in [0.29, 0.717) is 18.4 Å². The number of aromatic nitrogens is 4. The summed E-state index contributed by atoms with van der Waals surface area (Å²) in [7, 11) is 0. The molecule has 0 unspecified atom stereocenters. The minimum atomic E-state index is 0.511. The lowest BCUT2D eigenvalue weighted by Crippen LogP contribution is -2.00. The predicted octanol–water partition coefficient (Wildman–Crippen LogP) is 3.32. The zero-order valence-corrected chi connectivity index (χ0v) is 12.9. The largest absolute Gasteiger partial charge is 0.376 e. The van der Waals surface area contributed by atoms with E-state index in [1.807, 2.05) is 31.2 Å². The summed E-state index contributed by atoms with van der Waals surface area (Å²) in [6.45, 7) is 2.41. The third-order valence-electron chi connectivity index (χ3n) is 3.80. The van der Waals surface area contributed by atoms with Crippen LogP contribution >= 0.6 is 0 Å². The maximum atomic E-state index is 5.27. The van der Waals surface area contributed by atoms with Gasteiger partial charge in [0.2, 0.25) is 5.89 Å². The lowest BCUT2D eigenvalue weighted by Gasteiger charge is -2.06. The van der Waals surface area contributed by atoms with Gasteiger partial charge < -0.3 is 9.84 Å². The summed E-state index contributed by atoms with van der Waals surface area (Å²) in [5.41, 5.74) is 2.95. The first-order valence-corrected chi connectivity index (χ1v) is 7.74. The maximum absolute atomic E-state index is 5.27. The van der Waals surface area contributed by atoms with Crippen molar-refractivity contribution in [1.82, 2.24) is 20.1 Å². The Kier molecular flexibility index (Phi) is 3.49. The molecule has 1 aliphatic carbocycles. The van der Waals surface area contributed by atoms with Crippen LogP contribution in [-0.4, -0.2) is 20.1 Å². The molecule has 1 N–H and O–H groups in total. The van der Waals surface area contributed by atoms with Gasteiger partial charge in [-0.05, 0) is 38.0 Å². The predicted molar refractivity (Wildman–Crippen MR) is 85.8 cm³/mol. The van der Waals surface area contributed by atoms with Gasteiger partial charge in [0, 0.05) is 23.4 Å². The van der Waals surface area contributed by atoms with Crippen LogP contribution in [0.25, 0.3) is 11.3 Å². The number of hydrogen-bond donors (Lipinski definition) is 1. The van der Waals surface area contributed by atoms with Crippen molar-refractivity contribution in [1.29, 1.82) is 0 Å². The van der Waals surface area contributed by atoms with Crippen molar-refractivity contribution < 1.29 is 4.52 Å². The molecule has 0 atom stereocenters. The first-order valence-electron chi connectivity index (χ1n) is 7.74. The molecular formula is C17H17N5O. The molecule has 1 fully saturated rings. The number of anilines is 1. The average Bonchev–Trinajstić information content (AvgIpc) is 3.32. The highest BCUT2D eigenvalue weighted by Crippen LogP contribution is 2.38. The Morgan fingerprint density at radius 3 is 2.96 bits per heavy atom. The molecule has 4 rings (SSSR count). The Morgan fingerprint density at radius 1 is 1.22 bits per heavy atom. The van der Waals surface area contributed by atoms with E-state index in [0.717, 1.165) is 28.6 Å². The fraction of sp³-hybridized carbons (Fsp3) is 0.294. The summed E-state index contributed by atoms with van der Waals surface area (Å²) in [5.74, 6) is 2.73. The van der Waals surface area contributed by atoms with Gasteiger partial charge in [0.25, 0.3) is 0 Å². The fourth-order valence-corrected chi connectivity index (χ4v) is 2.43. The number of hydrogen-bond acceptors (Lipinski definition) is 6. The Bertz CT molecular complexity index is 825. The van der Waals surface area contributed by atoms with Gasteiger partial charge in [-0.25, -0.2) is 9.97 Å². The van der Waals surface area contributed by atoms with Crippen molar-refractivity contribution in [3.63, 3.8) is 0 Å². The van der Waals surface area contributed by atoms with Crippen LogP contribution in [0.2, 0.25) is 0 Å². The molecule has 0 aliphatic heterocycles. The number of aryl methyl sites for hydroxylation is 1. The van der Waals surface area contributed by atoms with E-state index >= 15 is 0 Å². The zero-order valence-electron chi connectivity index (χ0n) is 12.9. The standard InChI is InChI=1S/C17H17N5O/c1-11-18-8-7-15(20-11)13-3-2-4-14(9-13)19-10-16-21-17(22-23-16)12-5-6-12/h2-4,7-9,12,19H,5-6,10H2,1H3. The number of benzene rings is 1. The molecule has 6 heteroatoms. The average molecular weight is 307 g/mol. The second-order valence-electron chi connectivity index (χ2n) is 5.74. The number of nitrogens with zero attached hydrogens (tertiary/aromatic N) is 4. The van der Waals surface area contributed by atoms with Gasteiger partial charge in [0.05, 0.1) is 12.2 Å². The topological polar surface area (TPSA) is 76.7 Å². The molecule has 23 heavy (non-hydrogen) atoms. The third-order valence-corrected chi connectivity index (χ3v) is 3.80. The van der Waals surface area contributed by atoms with Crippen LogP contribution in [0.4, 0.5) is 5.69 Å². The molecule has 3 aromatic rings. The van der Waals surface area contributed by atoms with E-state index in [4.69, 9.17) is 4.52 Å². The van der Waals surface area contributed by atoms with E-state index in [1.54, 1.807) is 6.20 Å². The van der Waals surface area contributed by atoms with E-state index in [2.05, 4.69) is 31.5 Å². The van der Waals surface area contributed by atoms with Gasteiger partial charge in [0.1, 0.15) is 5.82 Å². The van der Waals surface area contributed by atoms with Crippen molar-refractivity contribution in [2.45, 2.75) is 32.2 Å². The highest BCUT2D eigenvalue weighted by molar-refractivity contribution is 5.64. The first kappa shape index (κ1) is 13.9. The lowest BCUT2D eigenvalue weighted by atomic mass is 10.1. The van der Waals surface area contributed by atoms with Gasteiger partial charge in [-0.2, -0.15) is 4.98 Å². The molecule has 0 bridgehead atoms. The van der Waals surface area contributed by atoms with Crippen molar-refractivity contribution in [2.24, 2.45) is 0 Å². The molecule has 0 spiro atoms. The summed E-state index contributed by atoms with van der Waals surface area (Å²) in [6, 6.07) is 10.0. The van der Waals surface area contributed by atoms with Crippen LogP contribution in [-0.2, 0) is 6.54 Å². The summed E-state index contributed by atoms with van der Waals surface area (Å²) >= 11 is 0. The summed E-state index contributed by atoms with van der Waals surface area (Å²) in [4.78, 5) is 13.0. The molecule has 2 heterocycles. The Morgan fingerprint density at radius 2 is 2.13 bits per heavy atom. The molecule has 2 aromatic heterocycles. The van der Waals surface area contributed by atoms with E-state index in [9.17, 15) is 0 Å². The molecular weight excluding hydrogens is 290 g/mol.